The summed E-state index contributed by atoms with van der Waals surface area (Å²) in [4.78, 5) is 28.8. The van der Waals surface area contributed by atoms with Gasteiger partial charge in [0.15, 0.2) is 0 Å². The van der Waals surface area contributed by atoms with Crippen molar-refractivity contribution in [1.82, 2.24) is 20.4 Å². The first-order valence-electron chi connectivity index (χ1n) is 9.26. The molecule has 6 nitrogen and oxygen atoms in total. The molecule has 130 valence electrons. The molecule has 3 fully saturated rings. The van der Waals surface area contributed by atoms with Crippen molar-refractivity contribution in [3.63, 3.8) is 0 Å². The number of hydrogen-bond donors (Lipinski definition) is 2. The Hall–Kier alpha value is -1.30. The van der Waals surface area contributed by atoms with Gasteiger partial charge in [-0.25, -0.2) is 4.79 Å². The highest BCUT2D eigenvalue weighted by Crippen LogP contribution is 2.20. The number of carbonyl (C=O) groups excluding carboxylic acids is 2. The SMILES string of the molecule is O=C(NCC1CCCNC1)C1CCCN(C(=O)N2CCCC2)C1. The summed E-state index contributed by atoms with van der Waals surface area (Å²) in [5.74, 6) is 0.653. The molecule has 3 aliphatic heterocycles. The number of rotatable bonds is 3. The molecule has 2 unspecified atom stereocenters. The van der Waals surface area contributed by atoms with Gasteiger partial charge >= 0.3 is 6.03 Å². The molecule has 23 heavy (non-hydrogen) atoms. The molecule has 0 saturated carbocycles. The van der Waals surface area contributed by atoms with E-state index in [1.54, 1.807) is 0 Å². The second-order valence-electron chi connectivity index (χ2n) is 7.22. The highest BCUT2D eigenvalue weighted by Gasteiger charge is 2.31. The maximum Gasteiger partial charge on any atom is 0.320 e. The summed E-state index contributed by atoms with van der Waals surface area (Å²) in [5.41, 5.74) is 0. The summed E-state index contributed by atoms with van der Waals surface area (Å²) in [6.07, 6.45) is 6.44. The summed E-state index contributed by atoms with van der Waals surface area (Å²) >= 11 is 0. The van der Waals surface area contributed by atoms with E-state index < -0.39 is 0 Å². The zero-order chi connectivity index (χ0) is 16.1. The third-order valence-corrected chi connectivity index (χ3v) is 5.40. The Morgan fingerprint density at radius 1 is 1.00 bits per heavy atom. The first kappa shape index (κ1) is 16.6. The molecule has 3 heterocycles. The van der Waals surface area contributed by atoms with Gasteiger partial charge in [0.1, 0.15) is 0 Å². The van der Waals surface area contributed by atoms with Crippen molar-refractivity contribution < 1.29 is 9.59 Å². The van der Waals surface area contributed by atoms with Crippen molar-refractivity contribution in [2.45, 2.75) is 38.5 Å². The van der Waals surface area contributed by atoms with Crippen molar-refractivity contribution in [1.29, 1.82) is 0 Å². The molecule has 0 aliphatic carbocycles. The third kappa shape index (κ3) is 4.37. The Bertz CT molecular complexity index is 417. The summed E-state index contributed by atoms with van der Waals surface area (Å²) in [6.45, 7) is 6.01. The topological polar surface area (TPSA) is 64.7 Å². The van der Waals surface area contributed by atoms with Crippen LogP contribution in [0.25, 0.3) is 0 Å². The second-order valence-corrected chi connectivity index (χ2v) is 7.22. The number of piperidine rings is 2. The van der Waals surface area contributed by atoms with Crippen LogP contribution in [0.4, 0.5) is 4.79 Å². The van der Waals surface area contributed by atoms with Gasteiger partial charge in [-0.05, 0) is 57.5 Å². The molecule has 0 bridgehead atoms. The molecule has 0 aromatic heterocycles. The van der Waals surface area contributed by atoms with Crippen molar-refractivity contribution in [2.24, 2.45) is 11.8 Å². The number of amides is 3. The van der Waals surface area contributed by atoms with Gasteiger partial charge in [-0.15, -0.1) is 0 Å². The van der Waals surface area contributed by atoms with Crippen molar-refractivity contribution >= 4 is 11.9 Å². The number of nitrogens with one attached hydrogen (secondary N) is 2. The summed E-state index contributed by atoms with van der Waals surface area (Å²) < 4.78 is 0. The molecule has 0 spiro atoms. The van der Waals surface area contributed by atoms with Crippen LogP contribution < -0.4 is 10.6 Å². The molecule has 3 rings (SSSR count). The Balaban J connectivity index is 1.45. The summed E-state index contributed by atoms with van der Waals surface area (Å²) in [7, 11) is 0. The number of likely N-dealkylation sites (tertiary alicyclic amines) is 2. The van der Waals surface area contributed by atoms with Crippen molar-refractivity contribution in [3.8, 4) is 0 Å². The zero-order valence-electron chi connectivity index (χ0n) is 14.1. The zero-order valence-corrected chi connectivity index (χ0v) is 14.1. The maximum atomic E-state index is 12.5. The number of carbonyl (C=O) groups is 2. The fourth-order valence-corrected chi connectivity index (χ4v) is 3.96. The largest absolute Gasteiger partial charge is 0.355 e. The first-order valence-corrected chi connectivity index (χ1v) is 9.26. The van der Waals surface area contributed by atoms with Gasteiger partial charge in [0, 0.05) is 32.7 Å². The molecule has 2 N–H and O–H groups in total. The van der Waals surface area contributed by atoms with E-state index >= 15 is 0 Å². The van der Waals surface area contributed by atoms with Crippen LogP contribution >= 0.6 is 0 Å². The molecule has 2 atom stereocenters. The van der Waals surface area contributed by atoms with E-state index in [-0.39, 0.29) is 17.9 Å². The predicted octanol–water partition coefficient (Wildman–Crippen LogP) is 1.03. The minimum absolute atomic E-state index is 0.0353. The first-order chi connectivity index (χ1) is 11.2. The van der Waals surface area contributed by atoms with Crippen LogP contribution in [0.2, 0.25) is 0 Å². The van der Waals surface area contributed by atoms with Crippen LogP contribution in [0.5, 0.6) is 0 Å². The molecule has 3 amide bonds. The average Bonchev–Trinajstić information content (AvgIpc) is 3.14. The summed E-state index contributed by atoms with van der Waals surface area (Å²) in [6, 6.07) is 0.136. The fourth-order valence-electron chi connectivity index (χ4n) is 3.96. The minimum atomic E-state index is -0.0353. The van der Waals surface area contributed by atoms with Gasteiger partial charge in [-0.1, -0.05) is 0 Å². The van der Waals surface area contributed by atoms with Crippen LogP contribution in [0.1, 0.15) is 38.5 Å². The minimum Gasteiger partial charge on any atom is -0.355 e. The predicted molar refractivity (Wildman–Crippen MR) is 89.1 cm³/mol. The number of urea groups is 1. The van der Waals surface area contributed by atoms with Gasteiger partial charge in [-0.3, -0.25) is 4.79 Å². The Morgan fingerprint density at radius 2 is 1.78 bits per heavy atom. The molecule has 3 saturated heterocycles. The van der Waals surface area contributed by atoms with Gasteiger partial charge < -0.3 is 20.4 Å². The van der Waals surface area contributed by atoms with E-state index in [0.717, 1.165) is 65.0 Å². The molecule has 0 radical (unpaired) electrons. The molecular weight excluding hydrogens is 292 g/mol. The lowest BCUT2D eigenvalue weighted by atomic mass is 9.96. The maximum absolute atomic E-state index is 12.5. The Kier molecular flexibility index (Phi) is 5.75. The van der Waals surface area contributed by atoms with E-state index in [4.69, 9.17) is 0 Å². The molecular formula is C17H30N4O2. The normalized spacial score (nSPS) is 28.7. The van der Waals surface area contributed by atoms with E-state index in [9.17, 15) is 9.59 Å². The van der Waals surface area contributed by atoms with Gasteiger partial charge in [-0.2, -0.15) is 0 Å². The van der Waals surface area contributed by atoms with Crippen LogP contribution in [-0.2, 0) is 4.79 Å². The molecule has 0 aromatic carbocycles. The Labute approximate surface area is 139 Å². The van der Waals surface area contributed by atoms with Crippen molar-refractivity contribution in [3.05, 3.63) is 0 Å². The van der Waals surface area contributed by atoms with Crippen LogP contribution in [0, 0.1) is 11.8 Å². The van der Waals surface area contributed by atoms with E-state index in [1.807, 2.05) is 9.80 Å². The lowest BCUT2D eigenvalue weighted by molar-refractivity contribution is -0.126. The van der Waals surface area contributed by atoms with Crippen molar-refractivity contribution in [2.75, 3.05) is 45.8 Å². The van der Waals surface area contributed by atoms with E-state index in [1.165, 1.54) is 12.8 Å². The second kappa shape index (κ2) is 7.99. The third-order valence-electron chi connectivity index (χ3n) is 5.40. The quantitative estimate of drug-likeness (QED) is 0.816. The average molecular weight is 322 g/mol. The standard InChI is InChI=1S/C17H30N4O2/c22-16(19-12-14-5-3-7-18-11-14)15-6-4-10-21(13-15)17(23)20-8-1-2-9-20/h14-15,18H,1-13H2,(H,19,22). The van der Waals surface area contributed by atoms with E-state index in [0.29, 0.717) is 12.5 Å². The Morgan fingerprint density at radius 3 is 2.52 bits per heavy atom. The summed E-state index contributed by atoms with van der Waals surface area (Å²) in [5, 5.41) is 6.50. The van der Waals surface area contributed by atoms with E-state index in [2.05, 4.69) is 10.6 Å². The lowest BCUT2D eigenvalue weighted by Crippen LogP contribution is -2.50. The highest BCUT2D eigenvalue weighted by molar-refractivity contribution is 5.81. The molecule has 0 aromatic rings. The smallest absolute Gasteiger partial charge is 0.320 e. The van der Waals surface area contributed by atoms with Crippen LogP contribution in [0.15, 0.2) is 0 Å². The molecule has 3 aliphatic rings. The molecule has 6 heteroatoms. The number of nitrogens with zero attached hydrogens (tertiary/aromatic N) is 2. The lowest BCUT2D eigenvalue weighted by Gasteiger charge is -2.35. The van der Waals surface area contributed by atoms with Gasteiger partial charge in [0.05, 0.1) is 5.92 Å². The monoisotopic (exact) mass is 322 g/mol. The number of hydrogen-bond acceptors (Lipinski definition) is 3. The van der Waals surface area contributed by atoms with Crippen LogP contribution in [-0.4, -0.2) is 67.6 Å². The highest BCUT2D eigenvalue weighted by atomic mass is 16.2. The van der Waals surface area contributed by atoms with Crippen LogP contribution in [0.3, 0.4) is 0 Å². The van der Waals surface area contributed by atoms with Gasteiger partial charge in [0.25, 0.3) is 0 Å². The fraction of sp³-hybridized carbons (Fsp3) is 0.882. The van der Waals surface area contributed by atoms with Gasteiger partial charge in [0.2, 0.25) is 5.91 Å².